The Morgan fingerprint density at radius 1 is 1.14 bits per heavy atom. The monoisotopic (exact) mass is 412 g/mol. The van der Waals surface area contributed by atoms with Gasteiger partial charge in [-0.15, -0.1) is 0 Å². The number of anilines is 1. The lowest BCUT2D eigenvalue weighted by atomic mass is 9.97. The van der Waals surface area contributed by atoms with E-state index in [1.54, 1.807) is 0 Å². The van der Waals surface area contributed by atoms with Crippen LogP contribution in [0.1, 0.15) is 34.6 Å². The summed E-state index contributed by atoms with van der Waals surface area (Å²) in [5, 5.41) is 3.09. The van der Waals surface area contributed by atoms with E-state index in [2.05, 4.69) is 20.2 Å². The predicted molar refractivity (Wildman–Crippen MR) is 117 cm³/mol. The molecule has 3 heterocycles. The molecule has 7 heteroatoms. The minimum absolute atomic E-state index is 0.0178. The first-order valence-corrected chi connectivity index (χ1v) is 11.4. The van der Waals surface area contributed by atoms with Gasteiger partial charge in [-0.25, -0.2) is 9.97 Å². The van der Waals surface area contributed by atoms with Gasteiger partial charge in [0.1, 0.15) is 11.9 Å². The summed E-state index contributed by atoms with van der Waals surface area (Å²) < 4.78 is 5.83. The van der Waals surface area contributed by atoms with E-state index >= 15 is 0 Å². The average Bonchev–Trinajstić information content (AvgIpc) is 2.69. The van der Waals surface area contributed by atoms with Crippen molar-refractivity contribution >= 4 is 23.6 Å². The normalized spacial score (nSPS) is 17.7. The second kappa shape index (κ2) is 9.03. The molecule has 2 aromatic rings. The number of ether oxygens (including phenoxy) is 1. The van der Waals surface area contributed by atoms with Crippen molar-refractivity contribution in [1.29, 1.82) is 0 Å². The lowest BCUT2D eigenvalue weighted by Crippen LogP contribution is -2.39. The standard InChI is InChI=1S/C22H28N4O2S/c1-15-11-16(2)25-22(24-15)26-9-7-17(8-10-26)12-23-21(27)18-3-5-19(6-4-18)28-20-13-29-14-20/h3-6,11,17,20H,7-10,12-14H2,1-2H3,(H,23,27). The topological polar surface area (TPSA) is 67.4 Å². The molecular formula is C22H28N4O2S. The van der Waals surface area contributed by atoms with Crippen LogP contribution in [0.4, 0.5) is 5.95 Å². The number of aromatic nitrogens is 2. The number of nitrogens with zero attached hydrogens (tertiary/aromatic N) is 3. The maximum atomic E-state index is 12.5. The van der Waals surface area contributed by atoms with E-state index in [-0.39, 0.29) is 5.91 Å². The molecule has 2 aliphatic rings. The van der Waals surface area contributed by atoms with E-state index in [1.807, 2.05) is 55.9 Å². The van der Waals surface area contributed by atoms with Crippen molar-refractivity contribution in [2.45, 2.75) is 32.8 Å². The molecule has 2 fully saturated rings. The van der Waals surface area contributed by atoms with E-state index in [1.165, 1.54) is 0 Å². The molecular weight excluding hydrogens is 384 g/mol. The quantitative estimate of drug-likeness (QED) is 0.786. The number of amides is 1. The Bertz CT molecular complexity index is 826. The first-order chi connectivity index (χ1) is 14.1. The second-order valence-electron chi connectivity index (χ2n) is 7.89. The van der Waals surface area contributed by atoms with Crippen molar-refractivity contribution in [3.8, 4) is 5.75 Å². The van der Waals surface area contributed by atoms with Crippen LogP contribution in [0.3, 0.4) is 0 Å². The van der Waals surface area contributed by atoms with E-state index < -0.39 is 0 Å². The number of nitrogens with one attached hydrogen (secondary N) is 1. The maximum Gasteiger partial charge on any atom is 0.251 e. The number of benzene rings is 1. The molecule has 0 aliphatic carbocycles. The van der Waals surface area contributed by atoms with Gasteiger partial charge in [0.15, 0.2) is 0 Å². The van der Waals surface area contributed by atoms with Crippen molar-refractivity contribution < 1.29 is 9.53 Å². The van der Waals surface area contributed by atoms with E-state index in [0.717, 1.165) is 60.5 Å². The first-order valence-electron chi connectivity index (χ1n) is 10.3. The Hall–Kier alpha value is -2.28. The molecule has 0 radical (unpaired) electrons. The highest BCUT2D eigenvalue weighted by atomic mass is 32.2. The highest BCUT2D eigenvalue weighted by molar-refractivity contribution is 8.00. The lowest BCUT2D eigenvalue weighted by molar-refractivity contribution is 0.0945. The average molecular weight is 413 g/mol. The molecule has 2 saturated heterocycles. The largest absolute Gasteiger partial charge is 0.489 e. The van der Waals surface area contributed by atoms with Gasteiger partial charge < -0.3 is 15.0 Å². The number of hydrogen-bond donors (Lipinski definition) is 1. The molecule has 1 aromatic carbocycles. The van der Waals surface area contributed by atoms with Crippen molar-refractivity contribution in [3.05, 3.63) is 47.3 Å². The maximum absolute atomic E-state index is 12.5. The van der Waals surface area contributed by atoms with Crippen LogP contribution in [0, 0.1) is 19.8 Å². The van der Waals surface area contributed by atoms with E-state index in [4.69, 9.17) is 4.74 Å². The van der Waals surface area contributed by atoms with Crippen LogP contribution in [0.5, 0.6) is 5.75 Å². The third-order valence-corrected chi connectivity index (χ3v) is 6.66. The zero-order chi connectivity index (χ0) is 20.2. The summed E-state index contributed by atoms with van der Waals surface area (Å²) in [7, 11) is 0. The fourth-order valence-corrected chi connectivity index (χ4v) is 4.25. The number of rotatable bonds is 6. The smallest absolute Gasteiger partial charge is 0.251 e. The summed E-state index contributed by atoms with van der Waals surface area (Å²) in [6, 6.07) is 9.46. The molecule has 4 rings (SSSR count). The third kappa shape index (κ3) is 5.21. The molecule has 29 heavy (non-hydrogen) atoms. The highest BCUT2D eigenvalue weighted by Crippen LogP contribution is 2.24. The van der Waals surface area contributed by atoms with Crippen LogP contribution in [0.2, 0.25) is 0 Å². The Morgan fingerprint density at radius 3 is 2.38 bits per heavy atom. The number of hydrogen-bond acceptors (Lipinski definition) is 6. The summed E-state index contributed by atoms with van der Waals surface area (Å²) in [6.45, 7) is 6.57. The second-order valence-corrected chi connectivity index (χ2v) is 8.97. The van der Waals surface area contributed by atoms with Crippen molar-refractivity contribution in [3.63, 3.8) is 0 Å². The molecule has 0 unspecified atom stereocenters. The summed E-state index contributed by atoms with van der Waals surface area (Å²) in [5.74, 6) is 4.24. The van der Waals surface area contributed by atoms with Gasteiger partial charge in [-0.2, -0.15) is 11.8 Å². The molecule has 1 aromatic heterocycles. The fraction of sp³-hybridized carbons (Fsp3) is 0.500. The SMILES string of the molecule is Cc1cc(C)nc(N2CCC(CNC(=O)c3ccc(OC4CSC4)cc3)CC2)n1. The summed E-state index contributed by atoms with van der Waals surface area (Å²) in [5.41, 5.74) is 2.69. The van der Waals surface area contributed by atoms with Gasteiger partial charge in [-0.05, 0) is 62.9 Å². The predicted octanol–water partition coefficient (Wildman–Crippen LogP) is 3.23. The minimum atomic E-state index is -0.0178. The highest BCUT2D eigenvalue weighted by Gasteiger charge is 2.22. The number of carbonyl (C=O) groups is 1. The number of thioether (sulfide) groups is 1. The molecule has 1 amide bonds. The van der Waals surface area contributed by atoms with E-state index in [0.29, 0.717) is 24.1 Å². The van der Waals surface area contributed by atoms with E-state index in [9.17, 15) is 4.79 Å². The fourth-order valence-electron chi connectivity index (χ4n) is 3.68. The zero-order valence-electron chi connectivity index (χ0n) is 17.1. The van der Waals surface area contributed by atoms with Crippen molar-refractivity contribution in [2.75, 3.05) is 36.0 Å². The Morgan fingerprint density at radius 2 is 1.79 bits per heavy atom. The molecule has 154 valence electrons. The Kier molecular flexibility index (Phi) is 6.23. The van der Waals surface area contributed by atoms with Gasteiger partial charge in [-0.1, -0.05) is 0 Å². The van der Waals surface area contributed by atoms with Crippen LogP contribution in [-0.2, 0) is 0 Å². The minimum Gasteiger partial charge on any atom is -0.489 e. The summed E-state index contributed by atoms with van der Waals surface area (Å²) >= 11 is 1.89. The Labute approximate surface area is 176 Å². The van der Waals surface area contributed by atoms with Gasteiger partial charge in [0.05, 0.1) is 0 Å². The van der Waals surface area contributed by atoms with Crippen LogP contribution in [-0.4, -0.2) is 53.1 Å². The first kappa shape index (κ1) is 20.0. The number of piperidine rings is 1. The van der Waals surface area contributed by atoms with Gasteiger partial charge >= 0.3 is 0 Å². The molecule has 1 N–H and O–H groups in total. The summed E-state index contributed by atoms with van der Waals surface area (Å²) in [4.78, 5) is 23.8. The number of carbonyl (C=O) groups excluding carboxylic acids is 1. The van der Waals surface area contributed by atoms with Gasteiger partial charge in [0, 0.05) is 48.1 Å². The Balaban J connectivity index is 1.23. The molecule has 6 nitrogen and oxygen atoms in total. The van der Waals surface area contributed by atoms with Crippen LogP contribution in [0.25, 0.3) is 0 Å². The zero-order valence-corrected chi connectivity index (χ0v) is 17.9. The van der Waals surface area contributed by atoms with Crippen LogP contribution in [0.15, 0.2) is 30.3 Å². The van der Waals surface area contributed by atoms with Gasteiger partial charge in [0.25, 0.3) is 5.91 Å². The van der Waals surface area contributed by atoms with Crippen molar-refractivity contribution in [2.24, 2.45) is 5.92 Å². The van der Waals surface area contributed by atoms with Gasteiger partial charge in [0.2, 0.25) is 5.95 Å². The third-order valence-electron chi connectivity index (χ3n) is 5.45. The lowest BCUT2D eigenvalue weighted by Gasteiger charge is -2.32. The van der Waals surface area contributed by atoms with Crippen molar-refractivity contribution in [1.82, 2.24) is 15.3 Å². The van der Waals surface area contributed by atoms with Gasteiger partial charge in [-0.3, -0.25) is 4.79 Å². The van der Waals surface area contributed by atoms with Crippen LogP contribution >= 0.6 is 11.8 Å². The molecule has 0 spiro atoms. The number of aryl methyl sites for hydroxylation is 2. The summed E-state index contributed by atoms with van der Waals surface area (Å²) in [6.07, 6.45) is 2.38. The molecule has 0 saturated carbocycles. The molecule has 0 bridgehead atoms. The van der Waals surface area contributed by atoms with Crippen LogP contribution < -0.4 is 15.0 Å². The molecule has 2 aliphatic heterocycles. The molecule has 0 atom stereocenters.